The van der Waals surface area contributed by atoms with Gasteiger partial charge in [0, 0.05) is 68.9 Å². The number of nitrogens with zero attached hydrogens (tertiary/aromatic N) is 12. The molecule has 6 aromatic carbocycles. The monoisotopic (exact) mass is 1560 g/mol. The van der Waals surface area contributed by atoms with Crippen LogP contribution in [-0.4, -0.2) is 79.5 Å². The van der Waals surface area contributed by atoms with Crippen molar-refractivity contribution in [2.24, 2.45) is 0 Å². The molecule has 27 heteroatoms. The van der Waals surface area contributed by atoms with Gasteiger partial charge in [-0.2, -0.15) is 0 Å². The number of benzene rings is 6. The standard InChI is InChI=1S/C13H12ClFN2O2.C13H14ClFN2.C13H13ClN2O2.C13H15ClN2.C12H11Cl2FN2.C12H12Cl2N2/c1-7(2)11-10(4-3-8(14)12(11)15)17-5-9(13(18)19)16-6-17;1-8(2)12-11(5-4-10(14)13(12)15)17-6-9(3)16-7-17;1-8(2)10-5-9(14)3-4-12(10)16-6-11(13(17)18)15-7-16;1-9(2)12-6-11(14)4-5-13(12)16-7-10(3)15-8-16;1-7(2)11-9(4-3-8(13)12(11)15)17-5-10(14)16-6-17;1-8(2)10-5-9(13)3-4-11(10)16-6-12(14)15-7-16/h3-7H,1-2H3,(H,18,19);4-8H,1-3H3;3-8H,1-2H3,(H,17,18);4-9H,1-3H3;3-7H,1-2H3;3-8H,1-2H3. The second-order valence-electron chi connectivity index (χ2n) is 25.4. The van der Waals surface area contributed by atoms with Gasteiger partial charge in [-0.1, -0.05) is 176 Å². The first-order valence-corrected chi connectivity index (χ1v) is 35.4. The normalized spacial score (nSPS) is 11.1. The van der Waals surface area contributed by atoms with Gasteiger partial charge in [0.25, 0.3) is 0 Å². The molecule has 16 nitrogen and oxygen atoms in total. The smallest absolute Gasteiger partial charge is 0.356 e. The highest BCUT2D eigenvalue weighted by molar-refractivity contribution is 6.32. The molecule has 0 radical (unpaired) electrons. The van der Waals surface area contributed by atoms with Gasteiger partial charge in [0.05, 0.1) is 73.2 Å². The Hall–Kier alpha value is -8.37. The maximum atomic E-state index is 14.1. The van der Waals surface area contributed by atoms with Crippen LogP contribution in [0.3, 0.4) is 0 Å². The maximum absolute atomic E-state index is 14.1. The van der Waals surface area contributed by atoms with Crippen LogP contribution in [0.1, 0.15) is 184 Å². The van der Waals surface area contributed by atoms with Crippen LogP contribution in [0.15, 0.2) is 166 Å². The van der Waals surface area contributed by atoms with Crippen LogP contribution in [0.25, 0.3) is 34.1 Å². The van der Waals surface area contributed by atoms with Crippen LogP contribution in [0.2, 0.25) is 40.4 Å². The molecular formula is C76H77Cl8F3N12O4. The van der Waals surface area contributed by atoms with Crippen molar-refractivity contribution in [3.05, 3.63) is 280 Å². The van der Waals surface area contributed by atoms with Crippen molar-refractivity contribution in [1.29, 1.82) is 0 Å². The summed E-state index contributed by atoms with van der Waals surface area (Å²) in [5.41, 5.74) is 12.1. The Morgan fingerprint density at radius 1 is 0.330 bits per heavy atom. The number of halogens is 11. The van der Waals surface area contributed by atoms with Crippen molar-refractivity contribution in [3.63, 3.8) is 0 Å². The van der Waals surface area contributed by atoms with Crippen LogP contribution in [0, 0.1) is 31.3 Å². The zero-order valence-electron chi connectivity index (χ0n) is 58.8. The fourth-order valence-electron chi connectivity index (χ4n) is 10.8. The van der Waals surface area contributed by atoms with Gasteiger partial charge in [-0.15, -0.1) is 0 Å². The van der Waals surface area contributed by atoms with Gasteiger partial charge in [0.2, 0.25) is 0 Å². The molecular weight excluding hydrogens is 1490 g/mol. The molecule has 0 aliphatic carbocycles. The number of aromatic carboxylic acids is 2. The third-order valence-electron chi connectivity index (χ3n) is 15.7. The molecule has 542 valence electrons. The largest absolute Gasteiger partial charge is 0.476 e. The van der Waals surface area contributed by atoms with Gasteiger partial charge in [-0.25, -0.2) is 52.7 Å². The summed E-state index contributed by atoms with van der Waals surface area (Å²) in [5, 5.41) is 21.1. The number of aromatic nitrogens is 12. The summed E-state index contributed by atoms with van der Waals surface area (Å²) in [4.78, 5) is 45.6. The van der Waals surface area contributed by atoms with E-state index in [1.807, 2.05) is 142 Å². The van der Waals surface area contributed by atoms with E-state index in [9.17, 15) is 22.8 Å². The van der Waals surface area contributed by atoms with Gasteiger partial charge in [-0.3, -0.25) is 0 Å². The maximum Gasteiger partial charge on any atom is 0.356 e. The number of imidazole rings is 6. The number of carboxylic acids is 2. The second-order valence-corrected chi connectivity index (χ2v) is 28.7. The zero-order valence-corrected chi connectivity index (χ0v) is 64.8. The lowest BCUT2D eigenvalue weighted by atomic mass is 10.0. The first-order chi connectivity index (χ1) is 48.6. The Morgan fingerprint density at radius 3 is 0.816 bits per heavy atom. The van der Waals surface area contributed by atoms with Crippen LogP contribution in [0.4, 0.5) is 13.2 Å². The number of hydrogen-bond donors (Lipinski definition) is 2. The van der Waals surface area contributed by atoms with Gasteiger partial charge < -0.3 is 37.6 Å². The summed E-state index contributed by atoms with van der Waals surface area (Å²) in [6.45, 7) is 28.0. The second kappa shape index (κ2) is 36.9. The van der Waals surface area contributed by atoms with E-state index in [1.165, 1.54) is 52.9 Å². The van der Waals surface area contributed by atoms with Crippen molar-refractivity contribution in [3.8, 4) is 34.1 Å². The predicted octanol–water partition coefficient (Wildman–Crippen LogP) is 23.6. The molecule has 0 aliphatic rings. The third kappa shape index (κ3) is 21.4. The van der Waals surface area contributed by atoms with E-state index in [0.717, 1.165) is 49.7 Å². The van der Waals surface area contributed by atoms with Gasteiger partial charge in [-0.05, 0) is 157 Å². The number of carboxylic acid groups (broad SMARTS) is 2. The molecule has 6 aromatic heterocycles. The first kappa shape index (κ1) is 81.9. The molecule has 0 atom stereocenters. The van der Waals surface area contributed by atoms with Crippen molar-refractivity contribution < 1.29 is 33.0 Å². The minimum absolute atomic E-state index is 0.0184. The summed E-state index contributed by atoms with van der Waals surface area (Å²) in [6, 6.07) is 27.1. The van der Waals surface area contributed by atoms with E-state index < -0.39 is 17.8 Å². The molecule has 0 amide bonds. The van der Waals surface area contributed by atoms with E-state index in [0.29, 0.717) is 55.2 Å². The Morgan fingerprint density at radius 2 is 0.573 bits per heavy atom. The molecule has 12 aromatic rings. The molecule has 0 aliphatic heterocycles. The molecule has 0 fully saturated rings. The lowest BCUT2D eigenvalue weighted by Crippen LogP contribution is -2.03. The molecule has 6 heterocycles. The summed E-state index contributed by atoms with van der Waals surface area (Å²) < 4.78 is 52.8. The zero-order chi connectivity index (χ0) is 76.0. The Balaban J connectivity index is 0.000000173. The molecule has 0 spiro atoms. The number of carbonyl (C=O) groups is 2. The molecule has 0 bridgehead atoms. The van der Waals surface area contributed by atoms with Gasteiger partial charge in [0.1, 0.15) is 53.1 Å². The van der Waals surface area contributed by atoms with Crippen molar-refractivity contribution in [2.75, 3.05) is 0 Å². The highest BCUT2D eigenvalue weighted by atomic mass is 35.5. The van der Waals surface area contributed by atoms with Crippen LogP contribution < -0.4 is 0 Å². The fourth-order valence-corrected chi connectivity index (χ4v) is 12.1. The average Bonchev–Trinajstić information content (AvgIpc) is 1.79. The summed E-state index contributed by atoms with van der Waals surface area (Å²) in [7, 11) is 0. The SMILES string of the molecule is CC(C)c1c(-n2cnc(C(=O)O)c2)ccc(Cl)c1F.CC(C)c1c(-n2cnc(Cl)c2)ccc(Cl)c1F.CC(C)c1cc(Cl)ccc1-n1cnc(C(=O)O)c1.CC(C)c1cc(Cl)ccc1-n1cnc(Cl)c1.Cc1cn(-c2ccc(Cl)c(F)c2C(C)C)cn1.Cc1cn(-c2ccc(Cl)cc2C(C)C)cn1. The number of rotatable bonds is 14. The summed E-state index contributed by atoms with van der Waals surface area (Å²) >= 11 is 47.0. The Bertz CT molecular complexity index is 4700. The number of aryl methyl sites for hydroxylation is 2. The van der Waals surface area contributed by atoms with Crippen LogP contribution in [0.5, 0.6) is 0 Å². The predicted molar refractivity (Wildman–Crippen MR) is 409 cm³/mol. The van der Waals surface area contributed by atoms with E-state index in [-0.39, 0.29) is 61.8 Å². The minimum Gasteiger partial charge on any atom is -0.476 e. The van der Waals surface area contributed by atoms with Crippen molar-refractivity contribution in [1.82, 2.24) is 57.3 Å². The Labute approximate surface area is 637 Å². The van der Waals surface area contributed by atoms with Crippen LogP contribution in [-0.2, 0) is 0 Å². The first-order valence-electron chi connectivity index (χ1n) is 32.4. The molecule has 2 N–H and O–H groups in total. The highest BCUT2D eigenvalue weighted by Crippen LogP contribution is 2.35. The molecule has 0 unspecified atom stereocenters. The van der Waals surface area contributed by atoms with Crippen LogP contribution >= 0.6 is 92.8 Å². The highest BCUT2D eigenvalue weighted by Gasteiger charge is 2.22. The van der Waals surface area contributed by atoms with E-state index in [4.69, 9.17) is 103 Å². The van der Waals surface area contributed by atoms with E-state index in [1.54, 1.807) is 64.8 Å². The third-order valence-corrected chi connectivity index (χ3v) is 17.7. The van der Waals surface area contributed by atoms with Crippen molar-refractivity contribution >= 4 is 105 Å². The molecule has 12 rings (SSSR count). The topological polar surface area (TPSA) is 182 Å². The molecule has 103 heavy (non-hydrogen) atoms. The van der Waals surface area contributed by atoms with Gasteiger partial charge >= 0.3 is 11.9 Å². The molecule has 0 saturated heterocycles. The average molecular weight is 1560 g/mol. The van der Waals surface area contributed by atoms with E-state index >= 15 is 0 Å². The van der Waals surface area contributed by atoms with E-state index in [2.05, 4.69) is 71.4 Å². The Kier molecular flexibility index (Phi) is 29.3. The summed E-state index contributed by atoms with van der Waals surface area (Å²) in [5.74, 6) is -2.26. The lowest BCUT2D eigenvalue weighted by molar-refractivity contribution is 0.0680. The quantitative estimate of drug-likeness (QED) is 0.106. The lowest BCUT2D eigenvalue weighted by Gasteiger charge is -2.15. The fraction of sp³-hybridized carbons (Fsp3) is 0.263. The van der Waals surface area contributed by atoms with Crippen molar-refractivity contribution in [2.45, 2.75) is 132 Å². The van der Waals surface area contributed by atoms with Gasteiger partial charge in [0.15, 0.2) is 11.4 Å². The minimum atomic E-state index is -1.13. The number of hydrogen-bond acceptors (Lipinski definition) is 8. The molecule has 0 saturated carbocycles. The summed E-state index contributed by atoms with van der Waals surface area (Å²) in [6.07, 6.45) is 19.8.